The number of anilines is 1. The fraction of sp³-hybridized carbons (Fsp3) is 0.533. The molecule has 19 heavy (non-hydrogen) atoms. The number of carbonyl (C=O) groups is 1. The van der Waals surface area contributed by atoms with Crippen molar-refractivity contribution in [1.29, 1.82) is 0 Å². The van der Waals surface area contributed by atoms with Crippen LogP contribution in [0.5, 0.6) is 0 Å². The first-order chi connectivity index (χ1) is 9.15. The number of hydrogen-bond donors (Lipinski definition) is 0. The van der Waals surface area contributed by atoms with Crippen molar-refractivity contribution in [2.75, 3.05) is 18.0 Å². The molecule has 1 aromatic rings. The predicted octanol–water partition coefficient (Wildman–Crippen LogP) is 3.79. The van der Waals surface area contributed by atoms with E-state index in [9.17, 15) is 13.6 Å². The normalized spacial score (nSPS) is 20.2. The summed E-state index contributed by atoms with van der Waals surface area (Å²) in [4.78, 5) is 12.4. The van der Waals surface area contributed by atoms with Crippen LogP contribution in [0, 0.1) is 17.6 Å². The number of halogens is 2. The first-order valence-electron chi connectivity index (χ1n) is 6.84. The van der Waals surface area contributed by atoms with Gasteiger partial charge in [-0.05, 0) is 37.3 Å². The number of hydrogen-bond acceptors (Lipinski definition) is 2. The number of carbonyl (C=O) groups excluding carboxylic acids is 1. The molecule has 1 unspecified atom stereocenters. The van der Waals surface area contributed by atoms with Crippen LogP contribution in [0.1, 0.15) is 43.0 Å². The molecule has 1 fully saturated rings. The third kappa shape index (κ3) is 3.11. The van der Waals surface area contributed by atoms with Crippen LogP contribution in [-0.2, 0) is 0 Å². The van der Waals surface area contributed by atoms with Gasteiger partial charge in [0.05, 0.1) is 0 Å². The predicted molar refractivity (Wildman–Crippen MR) is 71.6 cm³/mol. The zero-order valence-electron chi connectivity index (χ0n) is 11.2. The lowest BCUT2D eigenvalue weighted by Crippen LogP contribution is -2.26. The third-order valence-corrected chi connectivity index (χ3v) is 3.92. The Morgan fingerprint density at radius 1 is 1.26 bits per heavy atom. The molecule has 1 aliphatic rings. The molecular formula is C15H19F2NO. The van der Waals surface area contributed by atoms with Gasteiger partial charge in [0.2, 0.25) is 0 Å². The van der Waals surface area contributed by atoms with Gasteiger partial charge in [0.25, 0.3) is 0 Å². The summed E-state index contributed by atoms with van der Waals surface area (Å²) in [5.74, 6) is -0.639. The van der Waals surface area contributed by atoms with E-state index in [0.717, 1.165) is 37.8 Å². The highest BCUT2D eigenvalue weighted by Crippen LogP contribution is 2.29. The van der Waals surface area contributed by atoms with Gasteiger partial charge in [-0.3, -0.25) is 4.79 Å². The number of nitrogens with zero attached hydrogens (tertiary/aromatic N) is 1. The molecule has 1 aromatic carbocycles. The Kier molecular flexibility index (Phi) is 4.51. The number of rotatable bonds is 3. The molecule has 1 saturated heterocycles. The Bertz CT molecular complexity index is 438. The zero-order chi connectivity index (χ0) is 13.8. The van der Waals surface area contributed by atoms with Crippen LogP contribution in [-0.4, -0.2) is 19.4 Å². The molecule has 1 heterocycles. The molecule has 0 aliphatic carbocycles. The highest BCUT2D eigenvalue weighted by Gasteiger charge is 2.21. The van der Waals surface area contributed by atoms with Crippen LogP contribution in [0.25, 0.3) is 0 Å². The van der Waals surface area contributed by atoms with E-state index in [0.29, 0.717) is 25.3 Å². The lowest BCUT2D eigenvalue weighted by atomic mass is 9.98. The molecule has 0 bridgehead atoms. The van der Waals surface area contributed by atoms with Crippen LogP contribution >= 0.6 is 0 Å². The zero-order valence-corrected chi connectivity index (χ0v) is 11.2. The van der Waals surface area contributed by atoms with Gasteiger partial charge in [-0.15, -0.1) is 0 Å². The highest BCUT2D eigenvalue weighted by molar-refractivity contribution is 5.76. The van der Waals surface area contributed by atoms with Crippen LogP contribution in [0.15, 0.2) is 12.1 Å². The van der Waals surface area contributed by atoms with E-state index in [1.807, 2.05) is 0 Å². The Balaban J connectivity index is 2.24. The van der Waals surface area contributed by atoms with Crippen molar-refractivity contribution in [3.8, 4) is 0 Å². The second kappa shape index (κ2) is 6.13. The lowest BCUT2D eigenvalue weighted by Gasteiger charge is -2.24. The van der Waals surface area contributed by atoms with Crippen molar-refractivity contribution >= 4 is 12.0 Å². The number of aldehydes is 1. The Morgan fingerprint density at radius 2 is 1.95 bits per heavy atom. The summed E-state index contributed by atoms with van der Waals surface area (Å²) in [6.07, 6.45) is 4.61. The van der Waals surface area contributed by atoms with Gasteiger partial charge in [-0.2, -0.15) is 0 Å². The van der Waals surface area contributed by atoms with Crippen LogP contribution in [0.4, 0.5) is 14.5 Å². The van der Waals surface area contributed by atoms with Gasteiger partial charge >= 0.3 is 0 Å². The highest BCUT2D eigenvalue weighted by atomic mass is 19.1. The van der Waals surface area contributed by atoms with Crippen LogP contribution in [0.3, 0.4) is 0 Å². The molecular weight excluding hydrogens is 248 g/mol. The molecule has 2 rings (SSSR count). The second-order valence-electron chi connectivity index (χ2n) is 5.14. The van der Waals surface area contributed by atoms with Gasteiger partial charge in [-0.1, -0.05) is 13.3 Å². The van der Waals surface area contributed by atoms with Gasteiger partial charge in [0.1, 0.15) is 23.6 Å². The molecule has 1 aliphatic heterocycles. The molecule has 0 radical (unpaired) electrons. The minimum atomic E-state index is -0.642. The van der Waals surface area contributed by atoms with E-state index in [-0.39, 0.29) is 11.3 Å². The van der Waals surface area contributed by atoms with Crippen molar-refractivity contribution in [1.82, 2.24) is 0 Å². The van der Waals surface area contributed by atoms with E-state index >= 15 is 0 Å². The summed E-state index contributed by atoms with van der Waals surface area (Å²) < 4.78 is 27.9. The fourth-order valence-corrected chi connectivity index (χ4v) is 2.75. The summed E-state index contributed by atoms with van der Waals surface area (Å²) in [5, 5.41) is 0. The van der Waals surface area contributed by atoms with E-state index in [4.69, 9.17) is 0 Å². The average Bonchev–Trinajstić information content (AvgIpc) is 2.63. The number of benzene rings is 1. The molecule has 0 saturated carbocycles. The maximum Gasteiger partial charge on any atom is 0.150 e. The Hall–Kier alpha value is -1.45. The van der Waals surface area contributed by atoms with Crippen molar-refractivity contribution in [3.05, 3.63) is 29.3 Å². The average molecular weight is 267 g/mol. The van der Waals surface area contributed by atoms with Crippen molar-refractivity contribution in [3.63, 3.8) is 0 Å². The molecule has 4 heteroatoms. The van der Waals surface area contributed by atoms with E-state index < -0.39 is 11.6 Å². The molecule has 2 nitrogen and oxygen atoms in total. The second-order valence-corrected chi connectivity index (χ2v) is 5.14. The van der Waals surface area contributed by atoms with Crippen molar-refractivity contribution in [2.24, 2.45) is 5.92 Å². The van der Waals surface area contributed by atoms with E-state index in [2.05, 4.69) is 6.92 Å². The van der Waals surface area contributed by atoms with Crippen molar-refractivity contribution < 1.29 is 13.6 Å². The first-order valence-corrected chi connectivity index (χ1v) is 6.84. The van der Waals surface area contributed by atoms with Crippen LogP contribution in [0.2, 0.25) is 0 Å². The van der Waals surface area contributed by atoms with Gasteiger partial charge in [0.15, 0.2) is 0 Å². The fourth-order valence-electron chi connectivity index (χ4n) is 2.75. The van der Waals surface area contributed by atoms with E-state index in [1.165, 1.54) is 0 Å². The monoisotopic (exact) mass is 267 g/mol. The summed E-state index contributed by atoms with van der Waals surface area (Å²) >= 11 is 0. The molecule has 0 spiro atoms. The maximum absolute atomic E-state index is 14.0. The SMILES string of the molecule is CCC1CCCN(c2c(F)cc(C=O)cc2F)CC1. The van der Waals surface area contributed by atoms with E-state index in [1.54, 1.807) is 4.90 Å². The van der Waals surface area contributed by atoms with Gasteiger partial charge in [0, 0.05) is 18.7 Å². The van der Waals surface area contributed by atoms with Gasteiger partial charge in [-0.25, -0.2) is 8.78 Å². The van der Waals surface area contributed by atoms with Crippen LogP contribution < -0.4 is 4.90 Å². The Labute approximate surface area is 112 Å². The minimum Gasteiger partial charge on any atom is -0.367 e. The largest absolute Gasteiger partial charge is 0.367 e. The summed E-state index contributed by atoms with van der Waals surface area (Å²) in [7, 11) is 0. The first kappa shape index (κ1) is 14.0. The summed E-state index contributed by atoms with van der Waals surface area (Å²) in [6, 6.07) is 2.21. The maximum atomic E-state index is 14.0. The topological polar surface area (TPSA) is 20.3 Å². The summed E-state index contributed by atoms with van der Waals surface area (Å²) in [5.41, 5.74) is 0.0577. The lowest BCUT2D eigenvalue weighted by molar-refractivity contribution is 0.112. The molecule has 0 amide bonds. The molecule has 104 valence electrons. The minimum absolute atomic E-state index is 0.0161. The Morgan fingerprint density at radius 3 is 2.53 bits per heavy atom. The third-order valence-electron chi connectivity index (χ3n) is 3.92. The smallest absolute Gasteiger partial charge is 0.150 e. The molecule has 0 aromatic heterocycles. The standard InChI is InChI=1S/C15H19F2NO/c1-2-11-4-3-6-18(7-5-11)15-13(16)8-12(10-19)9-14(15)17/h8-11H,2-7H2,1H3. The molecule has 0 N–H and O–H groups in total. The van der Waals surface area contributed by atoms with Crippen molar-refractivity contribution in [2.45, 2.75) is 32.6 Å². The summed E-state index contributed by atoms with van der Waals surface area (Å²) in [6.45, 7) is 3.50. The van der Waals surface area contributed by atoms with Gasteiger partial charge < -0.3 is 4.90 Å². The molecule has 1 atom stereocenters. The quantitative estimate of drug-likeness (QED) is 0.776.